The van der Waals surface area contributed by atoms with E-state index in [2.05, 4.69) is 0 Å². The van der Waals surface area contributed by atoms with E-state index < -0.39 is 0 Å². The van der Waals surface area contributed by atoms with Gasteiger partial charge in [0.25, 0.3) is 0 Å². The molecular formula is C15H14Cl3NO. The number of halogens is 3. The van der Waals surface area contributed by atoms with Crippen LogP contribution in [0.15, 0.2) is 36.4 Å². The number of benzene rings is 2. The Morgan fingerprint density at radius 2 is 1.80 bits per heavy atom. The highest BCUT2D eigenvalue weighted by Gasteiger charge is 2.07. The van der Waals surface area contributed by atoms with E-state index in [1.165, 1.54) is 0 Å². The second-order valence-electron chi connectivity index (χ2n) is 4.50. The summed E-state index contributed by atoms with van der Waals surface area (Å²) in [5.74, 6) is 0.599. The molecule has 2 aromatic carbocycles. The van der Waals surface area contributed by atoms with Crippen molar-refractivity contribution in [3.8, 4) is 5.75 Å². The van der Waals surface area contributed by atoms with Crippen molar-refractivity contribution < 1.29 is 4.74 Å². The van der Waals surface area contributed by atoms with Gasteiger partial charge >= 0.3 is 0 Å². The highest BCUT2D eigenvalue weighted by molar-refractivity contribution is 6.35. The quantitative estimate of drug-likeness (QED) is 0.831. The first-order valence-electron chi connectivity index (χ1n) is 6.09. The number of hydrogen-bond acceptors (Lipinski definition) is 2. The summed E-state index contributed by atoms with van der Waals surface area (Å²) in [6.07, 6.45) is 0. The molecule has 0 spiro atoms. The van der Waals surface area contributed by atoms with Crippen molar-refractivity contribution in [1.82, 2.24) is 0 Å². The molecule has 20 heavy (non-hydrogen) atoms. The highest BCUT2D eigenvalue weighted by atomic mass is 35.5. The van der Waals surface area contributed by atoms with Crippen LogP contribution in [0, 0.1) is 0 Å². The zero-order valence-electron chi connectivity index (χ0n) is 10.9. The summed E-state index contributed by atoms with van der Waals surface area (Å²) in [5.41, 5.74) is 7.62. The smallest absolute Gasteiger partial charge is 0.138 e. The van der Waals surface area contributed by atoms with E-state index in [1.807, 2.05) is 31.2 Å². The third-order valence-electron chi connectivity index (χ3n) is 2.88. The molecule has 0 saturated carbocycles. The summed E-state index contributed by atoms with van der Waals surface area (Å²) in [4.78, 5) is 0. The van der Waals surface area contributed by atoms with Crippen molar-refractivity contribution in [3.05, 3.63) is 62.6 Å². The molecule has 0 aliphatic heterocycles. The lowest BCUT2D eigenvalue weighted by Gasteiger charge is -2.12. The van der Waals surface area contributed by atoms with Crippen LogP contribution in [0.25, 0.3) is 0 Å². The van der Waals surface area contributed by atoms with Crippen LogP contribution in [0.2, 0.25) is 15.1 Å². The van der Waals surface area contributed by atoms with Gasteiger partial charge in [-0.1, -0.05) is 46.9 Å². The third kappa shape index (κ3) is 3.80. The molecule has 0 aliphatic rings. The lowest BCUT2D eigenvalue weighted by atomic mass is 10.1. The van der Waals surface area contributed by atoms with E-state index in [0.717, 1.165) is 11.1 Å². The number of hydrogen-bond donors (Lipinski definition) is 1. The van der Waals surface area contributed by atoms with Gasteiger partial charge in [-0.3, -0.25) is 0 Å². The molecular weight excluding hydrogens is 317 g/mol. The Balaban J connectivity index is 2.11. The van der Waals surface area contributed by atoms with E-state index in [-0.39, 0.29) is 6.04 Å². The van der Waals surface area contributed by atoms with Gasteiger partial charge in [-0.05, 0) is 36.8 Å². The first-order chi connectivity index (χ1) is 9.47. The lowest BCUT2D eigenvalue weighted by molar-refractivity contribution is 0.306. The molecule has 0 bridgehead atoms. The summed E-state index contributed by atoms with van der Waals surface area (Å²) in [7, 11) is 0. The summed E-state index contributed by atoms with van der Waals surface area (Å²) >= 11 is 18.1. The van der Waals surface area contributed by atoms with Gasteiger partial charge in [0.15, 0.2) is 0 Å². The van der Waals surface area contributed by atoms with Gasteiger partial charge in [0.1, 0.15) is 12.4 Å². The summed E-state index contributed by atoms with van der Waals surface area (Å²) < 4.78 is 5.68. The van der Waals surface area contributed by atoms with E-state index >= 15 is 0 Å². The minimum absolute atomic E-state index is 0.0627. The lowest BCUT2D eigenvalue weighted by Crippen LogP contribution is -2.05. The maximum absolute atomic E-state index is 6.17. The molecule has 1 atom stereocenters. The van der Waals surface area contributed by atoms with Crippen molar-refractivity contribution in [3.63, 3.8) is 0 Å². The van der Waals surface area contributed by atoms with Gasteiger partial charge in [0.2, 0.25) is 0 Å². The van der Waals surface area contributed by atoms with Crippen molar-refractivity contribution in [2.24, 2.45) is 5.73 Å². The molecule has 0 fully saturated rings. The molecule has 0 heterocycles. The topological polar surface area (TPSA) is 35.2 Å². The summed E-state index contributed by atoms with van der Waals surface area (Å²) in [6.45, 7) is 2.23. The van der Waals surface area contributed by atoms with Crippen molar-refractivity contribution in [2.45, 2.75) is 19.6 Å². The Hall–Kier alpha value is -0.930. The maximum atomic E-state index is 6.17. The van der Waals surface area contributed by atoms with Crippen molar-refractivity contribution in [1.29, 1.82) is 0 Å². The number of ether oxygens (including phenoxy) is 1. The zero-order chi connectivity index (χ0) is 14.7. The van der Waals surface area contributed by atoms with E-state index in [0.29, 0.717) is 27.4 Å². The van der Waals surface area contributed by atoms with Crippen LogP contribution in [0.3, 0.4) is 0 Å². The first kappa shape index (κ1) is 15.5. The minimum atomic E-state index is -0.0627. The molecule has 5 heteroatoms. The van der Waals surface area contributed by atoms with Gasteiger partial charge in [0, 0.05) is 21.7 Å². The summed E-state index contributed by atoms with van der Waals surface area (Å²) in [5, 5.41) is 1.70. The third-order valence-corrected chi connectivity index (χ3v) is 3.76. The van der Waals surface area contributed by atoms with Gasteiger partial charge in [0.05, 0.1) is 5.02 Å². The van der Waals surface area contributed by atoms with Crippen LogP contribution in [0.5, 0.6) is 5.75 Å². The Labute approximate surface area is 133 Å². The first-order valence-corrected chi connectivity index (χ1v) is 7.22. The average Bonchev–Trinajstić information content (AvgIpc) is 2.38. The van der Waals surface area contributed by atoms with Crippen LogP contribution < -0.4 is 10.5 Å². The van der Waals surface area contributed by atoms with Crippen molar-refractivity contribution in [2.75, 3.05) is 0 Å². The minimum Gasteiger partial charge on any atom is -0.487 e. The monoisotopic (exact) mass is 329 g/mol. The summed E-state index contributed by atoms with van der Waals surface area (Å²) in [6, 6.07) is 10.7. The Morgan fingerprint density at radius 1 is 1.05 bits per heavy atom. The van der Waals surface area contributed by atoms with Crippen LogP contribution in [-0.4, -0.2) is 0 Å². The predicted octanol–water partition coefficient (Wildman–Crippen LogP) is 5.25. The molecule has 0 radical (unpaired) electrons. The van der Waals surface area contributed by atoms with Gasteiger partial charge < -0.3 is 10.5 Å². The molecule has 1 unspecified atom stereocenters. The van der Waals surface area contributed by atoms with E-state index in [1.54, 1.807) is 12.1 Å². The highest BCUT2D eigenvalue weighted by Crippen LogP contribution is 2.29. The van der Waals surface area contributed by atoms with Crippen LogP contribution in [-0.2, 0) is 6.61 Å². The van der Waals surface area contributed by atoms with E-state index in [4.69, 9.17) is 45.3 Å². The SMILES string of the molecule is CC(N)c1ccc(OCc2ccc(Cl)cc2Cl)c(Cl)c1. The molecule has 2 rings (SSSR count). The van der Waals surface area contributed by atoms with Crippen LogP contribution in [0.4, 0.5) is 0 Å². The molecule has 0 aliphatic carbocycles. The fourth-order valence-electron chi connectivity index (χ4n) is 1.71. The Kier molecular flexibility index (Phi) is 5.17. The molecule has 2 nitrogen and oxygen atoms in total. The standard InChI is InChI=1S/C15H14Cl3NO/c1-9(19)10-3-5-15(14(18)6-10)20-8-11-2-4-12(16)7-13(11)17/h2-7,9H,8,19H2,1H3. The molecule has 2 aromatic rings. The zero-order valence-corrected chi connectivity index (χ0v) is 13.1. The second kappa shape index (κ2) is 6.68. The van der Waals surface area contributed by atoms with Gasteiger partial charge in [-0.15, -0.1) is 0 Å². The van der Waals surface area contributed by atoms with E-state index in [9.17, 15) is 0 Å². The largest absolute Gasteiger partial charge is 0.487 e. The van der Waals surface area contributed by atoms with Gasteiger partial charge in [-0.2, -0.15) is 0 Å². The Bertz CT molecular complexity index is 614. The fourth-order valence-corrected chi connectivity index (χ4v) is 2.42. The van der Waals surface area contributed by atoms with Gasteiger partial charge in [-0.25, -0.2) is 0 Å². The number of rotatable bonds is 4. The normalized spacial score (nSPS) is 12.2. The number of nitrogens with two attached hydrogens (primary N) is 1. The Morgan fingerprint density at radius 3 is 2.40 bits per heavy atom. The molecule has 2 N–H and O–H groups in total. The van der Waals surface area contributed by atoms with Crippen molar-refractivity contribution >= 4 is 34.8 Å². The second-order valence-corrected chi connectivity index (χ2v) is 5.75. The van der Waals surface area contributed by atoms with Crippen LogP contribution in [0.1, 0.15) is 24.1 Å². The average molecular weight is 331 g/mol. The fraction of sp³-hybridized carbons (Fsp3) is 0.200. The molecule has 0 aromatic heterocycles. The predicted molar refractivity (Wildman–Crippen MR) is 84.8 cm³/mol. The molecule has 106 valence electrons. The maximum Gasteiger partial charge on any atom is 0.138 e. The van der Waals surface area contributed by atoms with Crippen LogP contribution >= 0.6 is 34.8 Å². The molecule has 0 saturated heterocycles. The molecule has 0 amide bonds.